The van der Waals surface area contributed by atoms with Gasteiger partial charge in [0.2, 0.25) is 0 Å². The zero-order valence-electron chi connectivity index (χ0n) is 75.2. The molecule has 16 atom stereocenters. The van der Waals surface area contributed by atoms with Gasteiger partial charge in [0.05, 0.1) is 24.7 Å². The molecule has 18 heteroatoms. The van der Waals surface area contributed by atoms with E-state index in [-0.39, 0.29) is 0 Å². The highest BCUT2D eigenvalue weighted by Gasteiger charge is 2.51. The molecule has 17 nitrogen and oxygen atoms in total. The number of carbonyl (C=O) groups excluding carboxylic acids is 1. The first-order valence-corrected chi connectivity index (χ1v) is 51.7. The number of phosphoric ester groups is 1. The van der Waals surface area contributed by atoms with Gasteiger partial charge < -0.3 is 69.2 Å². The van der Waals surface area contributed by atoms with Crippen LogP contribution >= 0.6 is 7.82 Å². The molecule has 3 aliphatic rings. The third kappa shape index (κ3) is 58.1. The van der Waals surface area contributed by atoms with E-state index >= 15 is 0 Å². The van der Waals surface area contributed by atoms with Crippen LogP contribution in [-0.2, 0) is 37.6 Å². The van der Waals surface area contributed by atoms with Crippen molar-refractivity contribution >= 4 is 13.8 Å². The van der Waals surface area contributed by atoms with E-state index in [0.29, 0.717) is 24.9 Å². The average Bonchev–Trinajstić information content (AvgIpc) is 1.61. The van der Waals surface area contributed by atoms with E-state index in [0.717, 1.165) is 63.2 Å². The lowest BCUT2D eigenvalue weighted by Gasteiger charge is -2.44. The Morgan fingerprint density at radius 3 is 0.904 bits per heavy atom. The molecule has 3 fully saturated rings. The molecule has 3 rings (SSSR count). The van der Waals surface area contributed by atoms with Gasteiger partial charge in [-0.15, -0.1) is 0 Å². The fourth-order valence-electron chi connectivity index (χ4n) is 18.3. The predicted octanol–water partition coefficient (Wildman–Crippen LogP) is 25.1. The number of rotatable bonds is 86. The maximum Gasteiger partial charge on any atom is 0.469 e. The van der Waals surface area contributed by atoms with Gasteiger partial charge in [-0.05, 0) is 49.9 Å². The number of phosphoric acid groups is 1. The summed E-state index contributed by atoms with van der Waals surface area (Å²) < 4.78 is 44.2. The second-order valence-corrected chi connectivity index (χ2v) is 38.2. The largest absolute Gasteiger partial charge is 0.469 e. The minimum Gasteiger partial charge on any atom is -0.463 e. The molecule has 0 spiro atoms. The van der Waals surface area contributed by atoms with Crippen LogP contribution in [0.2, 0.25) is 0 Å². The highest BCUT2D eigenvalue weighted by Crippen LogP contribution is 2.46. The normalized spacial score (nSPS) is 22.9. The monoisotopic (exact) mass is 1660 g/mol. The lowest BCUT2D eigenvalue weighted by Crippen LogP contribution is -2.64. The van der Waals surface area contributed by atoms with Crippen LogP contribution in [0.4, 0.5) is 0 Å². The van der Waals surface area contributed by atoms with Crippen molar-refractivity contribution in [2.24, 2.45) is 23.7 Å². The van der Waals surface area contributed by atoms with Gasteiger partial charge in [0.15, 0.2) is 12.6 Å². The Morgan fingerprint density at radius 2 is 0.609 bits per heavy atom. The molecule has 0 aromatic carbocycles. The highest BCUT2D eigenvalue weighted by atomic mass is 31.2. The second-order valence-electron chi connectivity index (χ2n) is 37.0. The molecule has 9 N–H and O–H groups in total. The molecule has 0 amide bonds. The molecule has 684 valence electrons. The number of aliphatic hydroxyl groups excluding tert-OH is 7. The summed E-state index contributed by atoms with van der Waals surface area (Å²) in [6.07, 6.45) is 78.9. The summed E-state index contributed by atoms with van der Waals surface area (Å²) in [6.45, 7) is 5.52. The molecule has 1 saturated carbocycles. The molecule has 0 aromatic heterocycles. The second kappa shape index (κ2) is 74.6. The van der Waals surface area contributed by atoms with Crippen LogP contribution in [-0.4, -0.2) is 145 Å². The van der Waals surface area contributed by atoms with Crippen LogP contribution < -0.4 is 0 Å². The first-order chi connectivity index (χ1) is 56.0. The van der Waals surface area contributed by atoms with Crippen molar-refractivity contribution in [3.63, 3.8) is 0 Å². The molecule has 0 bridgehead atoms. The summed E-state index contributed by atoms with van der Waals surface area (Å²) in [4.78, 5) is 32.3. The van der Waals surface area contributed by atoms with E-state index in [1.807, 2.05) is 7.11 Å². The zero-order valence-corrected chi connectivity index (χ0v) is 76.1. The van der Waals surface area contributed by atoms with Gasteiger partial charge in [0.25, 0.3) is 0 Å². The summed E-state index contributed by atoms with van der Waals surface area (Å²) in [7, 11) is -3.08. The Balaban J connectivity index is 1.16. The van der Waals surface area contributed by atoms with E-state index in [2.05, 4.69) is 25.3 Å². The van der Waals surface area contributed by atoms with Crippen LogP contribution in [0.5, 0.6) is 0 Å². The van der Waals surface area contributed by atoms with E-state index < -0.39 is 100 Å². The van der Waals surface area contributed by atoms with Crippen LogP contribution in [0.15, 0.2) is 0 Å². The predicted molar refractivity (Wildman–Crippen MR) is 473 cm³/mol. The number of unbranched alkanes of at least 4 members (excludes halogenated alkanes) is 63. The van der Waals surface area contributed by atoms with Crippen molar-refractivity contribution in [3.05, 3.63) is 0 Å². The molecular weight excluding hydrogens is 1470 g/mol. The van der Waals surface area contributed by atoms with E-state index in [1.54, 1.807) is 0 Å². The number of carbonyl (C=O) groups is 1. The molecule has 2 heterocycles. The van der Waals surface area contributed by atoms with Crippen molar-refractivity contribution < 1.29 is 83.1 Å². The van der Waals surface area contributed by atoms with Gasteiger partial charge in [0, 0.05) is 7.11 Å². The molecule has 0 aromatic rings. The molecule has 2 saturated heterocycles. The maximum atomic E-state index is 13.9. The Hall–Kier alpha value is -0.860. The smallest absolute Gasteiger partial charge is 0.463 e. The van der Waals surface area contributed by atoms with Crippen LogP contribution in [0.3, 0.4) is 0 Å². The Kier molecular flexibility index (Phi) is 70.2. The van der Waals surface area contributed by atoms with E-state index in [9.17, 15) is 45.1 Å². The van der Waals surface area contributed by atoms with Gasteiger partial charge in [0.1, 0.15) is 55.4 Å². The highest BCUT2D eigenvalue weighted by molar-refractivity contribution is 7.46. The topological polar surface area (TPSA) is 272 Å². The summed E-state index contributed by atoms with van der Waals surface area (Å²) in [5.41, 5.74) is 0. The Labute approximate surface area is 706 Å². The third-order valence-electron chi connectivity index (χ3n) is 26.4. The summed E-state index contributed by atoms with van der Waals surface area (Å²) in [6, 6.07) is 0. The third-order valence-corrected chi connectivity index (χ3v) is 26.9. The van der Waals surface area contributed by atoms with Crippen LogP contribution in [0.25, 0.3) is 0 Å². The molecule has 1 aliphatic carbocycles. The van der Waals surface area contributed by atoms with Crippen LogP contribution in [0, 0.1) is 23.7 Å². The number of ether oxygens (including phenoxy) is 5. The quantitative estimate of drug-likeness (QED) is 0.0156. The summed E-state index contributed by atoms with van der Waals surface area (Å²) in [5, 5.41) is 75.7. The number of hydrogen-bond donors (Lipinski definition) is 9. The summed E-state index contributed by atoms with van der Waals surface area (Å²) in [5.74, 6) is 1.26. The maximum absolute atomic E-state index is 13.9. The van der Waals surface area contributed by atoms with Crippen molar-refractivity contribution in [2.45, 2.75) is 570 Å². The lowest BCUT2D eigenvalue weighted by molar-refractivity contribution is -0.376. The standard InChI is InChI=1S/C97H189O17P/c1-5-7-9-11-13-15-17-19-21-23-24-25-26-27-28-32-39-45-51-57-63-69-75-84(95(105)110-79-87-89(99)91(101)93(103)96(112-87)114-97-94(104)92(102)90(100)88(113-97)80-111-115(106,107)108)85(98)76-70-64-58-52-46-40-33-29-31-37-43-49-55-61-67-73-82-78-83(82)74-68-62-56-50-44-38-34-35-41-47-53-59-65-71-77-86(109-4)81(3)72-66-60-54-48-42-36-30-22-20-18-16-14-12-10-8-6-2/h81-94,96-104H,5-80H2,1-4H3,(H2,106,107,108)/t81?,82?,83?,84?,85-,86?,87-,88-,89-,90-,91+,92+,93-,94-,96-,97-/m1/s1. The van der Waals surface area contributed by atoms with Gasteiger partial charge in [-0.3, -0.25) is 9.32 Å². The van der Waals surface area contributed by atoms with E-state index in [1.165, 1.54) is 411 Å². The zero-order chi connectivity index (χ0) is 83.3. The molecule has 0 radical (unpaired) electrons. The van der Waals surface area contributed by atoms with Crippen molar-refractivity contribution in [1.29, 1.82) is 0 Å². The lowest BCUT2D eigenvalue weighted by atomic mass is 9.91. The first kappa shape index (κ1) is 108. The van der Waals surface area contributed by atoms with Gasteiger partial charge in [-0.1, -0.05) is 464 Å². The fraction of sp³-hybridized carbons (Fsp3) is 0.990. The molecule has 115 heavy (non-hydrogen) atoms. The van der Waals surface area contributed by atoms with Gasteiger partial charge in [-0.25, -0.2) is 4.57 Å². The van der Waals surface area contributed by atoms with Crippen LogP contribution in [0.1, 0.15) is 496 Å². The van der Waals surface area contributed by atoms with Crippen molar-refractivity contribution in [2.75, 3.05) is 20.3 Å². The van der Waals surface area contributed by atoms with Gasteiger partial charge >= 0.3 is 13.8 Å². The average molecular weight is 1660 g/mol. The Bertz CT molecular complexity index is 2160. The van der Waals surface area contributed by atoms with E-state index in [4.69, 9.17) is 33.5 Å². The minimum atomic E-state index is -5.03. The number of hydrogen-bond acceptors (Lipinski definition) is 15. The van der Waals surface area contributed by atoms with Gasteiger partial charge in [-0.2, -0.15) is 0 Å². The number of esters is 1. The fourth-order valence-corrected chi connectivity index (χ4v) is 18.7. The first-order valence-electron chi connectivity index (χ1n) is 50.1. The summed E-state index contributed by atoms with van der Waals surface area (Å²) >= 11 is 0. The molecule has 2 aliphatic heterocycles. The SMILES string of the molecule is CCCCCCCCCCCCCCCCCCCCCCCCC(C(=O)OC[C@H]1O[C@H](O[C@H]2O[C@H](COP(=O)(O)O)[C@@H](O)[C@H](O)[C@H]2O)[C@H](O)[C@@H](O)[C@@H]1O)[C@H](O)CCCCCCCCCCCCCCCCCC1CC1CCCCCCCCCCCCCCCCC(OC)C(C)CCCCCCCCCCCCCCCCCC. The molecular formula is C97H189O17P. The minimum absolute atomic E-state index is 0.414. The molecule has 5 unspecified atom stereocenters. The van der Waals surface area contributed by atoms with Crippen molar-refractivity contribution in [3.8, 4) is 0 Å². The number of aliphatic hydroxyl groups is 7. The Morgan fingerprint density at radius 1 is 0.348 bits per heavy atom. The van der Waals surface area contributed by atoms with Crippen molar-refractivity contribution in [1.82, 2.24) is 0 Å². The number of methoxy groups -OCH3 is 1.